The topological polar surface area (TPSA) is 107 Å². The fraction of sp³-hybridized carbons (Fsp3) is 0.125. The first-order chi connectivity index (χ1) is 15.0. The average molecular weight is 411 g/mol. The third-order valence-corrected chi connectivity index (χ3v) is 4.86. The molecule has 2 aromatic heterocycles. The predicted molar refractivity (Wildman–Crippen MR) is 118 cm³/mol. The maximum atomic E-state index is 10.6. The second-order valence-corrected chi connectivity index (χ2v) is 7.15. The Bertz CT molecular complexity index is 1200. The molecule has 2 aromatic carbocycles. The van der Waals surface area contributed by atoms with Gasteiger partial charge < -0.3 is 20.2 Å². The lowest BCUT2D eigenvalue weighted by Crippen LogP contribution is -2.04. The minimum Gasteiger partial charge on any atom is -0.466 e. The molecule has 0 bridgehead atoms. The zero-order valence-corrected chi connectivity index (χ0v) is 17.1. The van der Waals surface area contributed by atoms with Crippen molar-refractivity contribution in [2.24, 2.45) is 0 Å². The van der Waals surface area contributed by atoms with Crippen LogP contribution in [0.5, 0.6) is 0 Å². The van der Waals surface area contributed by atoms with Gasteiger partial charge in [-0.1, -0.05) is 12.1 Å². The van der Waals surface area contributed by atoms with Crippen LogP contribution in [0.4, 0.5) is 23.1 Å². The number of nitrogens with one attached hydrogen (secondary N) is 2. The fourth-order valence-corrected chi connectivity index (χ4v) is 3.34. The van der Waals surface area contributed by atoms with Gasteiger partial charge in [-0.2, -0.15) is 10.2 Å². The molecular weight excluding hydrogens is 390 g/mol. The zero-order valence-electron chi connectivity index (χ0n) is 17.1. The maximum Gasteiger partial charge on any atom is 0.229 e. The molecule has 154 valence electrons. The summed E-state index contributed by atoms with van der Waals surface area (Å²) >= 11 is 0. The van der Waals surface area contributed by atoms with E-state index in [1.54, 1.807) is 54.9 Å². The number of rotatable bonds is 6. The summed E-state index contributed by atoms with van der Waals surface area (Å²) in [6.45, 7) is 3.95. The van der Waals surface area contributed by atoms with Gasteiger partial charge in [-0.25, -0.2) is 4.98 Å². The number of aliphatic hydroxyl groups excluding tert-OH is 1. The molecule has 0 spiro atoms. The van der Waals surface area contributed by atoms with E-state index in [0.29, 0.717) is 23.1 Å². The van der Waals surface area contributed by atoms with Gasteiger partial charge in [-0.05, 0) is 73.0 Å². The monoisotopic (exact) mass is 411 g/mol. The fourth-order valence-electron chi connectivity index (χ4n) is 3.34. The molecule has 0 saturated carbocycles. The molecule has 0 unspecified atom stereocenters. The van der Waals surface area contributed by atoms with Crippen molar-refractivity contribution in [1.29, 1.82) is 5.26 Å². The summed E-state index contributed by atoms with van der Waals surface area (Å²) in [4.78, 5) is 8.78. The molecule has 0 aliphatic heterocycles. The van der Waals surface area contributed by atoms with Gasteiger partial charge >= 0.3 is 0 Å². The summed E-state index contributed by atoms with van der Waals surface area (Å²) in [6.07, 6.45) is 2.40. The molecule has 0 saturated heterocycles. The molecule has 7 heteroatoms. The van der Waals surface area contributed by atoms with Crippen molar-refractivity contribution in [1.82, 2.24) is 9.97 Å². The lowest BCUT2D eigenvalue weighted by molar-refractivity contribution is 0.189. The number of benzene rings is 2. The Kier molecular flexibility index (Phi) is 5.65. The number of aromatic nitrogens is 2. The minimum atomic E-state index is -0.816. The summed E-state index contributed by atoms with van der Waals surface area (Å²) in [6, 6.07) is 18.3. The molecule has 0 fully saturated rings. The number of hydrogen-bond donors (Lipinski definition) is 3. The van der Waals surface area contributed by atoms with E-state index in [9.17, 15) is 5.11 Å². The summed E-state index contributed by atoms with van der Waals surface area (Å²) in [5.41, 5.74) is 5.01. The Balaban J connectivity index is 1.53. The molecule has 4 rings (SSSR count). The first kappa shape index (κ1) is 20.1. The summed E-state index contributed by atoms with van der Waals surface area (Å²) in [7, 11) is 0. The van der Waals surface area contributed by atoms with Crippen molar-refractivity contribution in [3.05, 3.63) is 95.1 Å². The standard InChI is InChI=1S/C24H21N5O2/c1-15-12-18(23(30)20-4-3-11-31-20)13-16(2)22(15)28-21-9-10-26-24(29-21)27-19-7-5-17(14-25)6-8-19/h3-13,23,30H,1-2H3,(H2,26,27,28,29)/t23-/m0/s1. The highest BCUT2D eigenvalue weighted by Gasteiger charge is 2.16. The van der Waals surface area contributed by atoms with Crippen LogP contribution in [-0.4, -0.2) is 15.1 Å². The van der Waals surface area contributed by atoms with Gasteiger partial charge in [0.05, 0.1) is 17.9 Å². The van der Waals surface area contributed by atoms with Crippen molar-refractivity contribution in [3.63, 3.8) is 0 Å². The zero-order chi connectivity index (χ0) is 21.8. The smallest absolute Gasteiger partial charge is 0.229 e. The Morgan fingerprint density at radius 2 is 1.77 bits per heavy atom. The number of aliphatic hydroxyl groups is 1. The Labute approximate surface area is 180 Å². The minimum absolute atomic E-state index is 0.440. The van der Waals surface area contributed by atoms with Crippen LogP contribution < -0.4 is 10.6 Å². The van der Waals surface area contributed by atoms with Gasteiger partial charge in [0.15, 0.2) is 0 Å². The van der Waals surface area contributed by atoms with Crippen LogP contribution in [0.25, 0.3) is 0 Å². The normalized spacial score (nSPS) is 11.5. The van der Waals surface area contributed by atoms with Crippen molar-refractivity contribution in [3.8, 4) is 6.07 Å². The molecule has 1 atom stereocenters. The van der Waals surface area contributed by atoms with Crippen molar-refractivity contribution in [2.75, 3.05) is 10.6 Å². The number of hydrogen-bond acceptors (Lipinski definition) is 7. The van der Waals surface area contributed by atoms with Crippen molar-refractivity contribution >= 4 is 23.1 Å². The molecule has 7 nitrogen and oxygen atoms in total. The van der Waals surface area contributed by atoms with Gasteiger partial charge in [0, 0.05) is 17.6 Å². The van der Waals surface area contributed by atoms with Crippen LogP contribution in [0.2, 0.25) is 0 Å². The number of furan rings is 1. The number of nitrogens with zero attached hydrogens (tertiary/aromatic N) is 3. The Morgan fingerprint density at radius 3 is 2.42 bits per heavy atom. The predicted octanol–water partition coefficient (Wildman–Crippen LogP) is 5.13. The molecule has 0 aliphatic carbocycles. The molecule has 0 amide bonds. The van der Waals surface area contributed by atoms with E-state index in [-0.39, 0.29) is 0 Å². The van der Waals surface area contributed by atoms with E-state index in [0.717, 1.165) is 28.1 Å². The summed E-state index contributed by atoms with van der Waals surface area (Å²) < 4.78 is 5.32. The molecular formula is C24H21N5O2. The van der Waals surface area contributed by atoms with Crippen LogP contribution in [0, 0.1) is 25.2 Å². The van der Waals surface area contributed by atoms with Gasteiger partial charge in [0.1, 0.15) is 17.7 Å². The van der Waals surface area contributed by atoms with Gasteiger partial charge in [-0.3, -0.25) is 0 Å². The number of aryl methyl sites for hydroxylation is 2. The molecule has 3 N–H and O–H groups in total. The number of nitriles is 1. The largest absolute Gasteiger partial charge is 0.466 e. The molecule has 0 radical (unpaired) electrons. The van der Waals surface area contributed by atoms with Gasteiger partial charge in [0.25, 0.3) is 0 Å². The first-order valence-electron chi connectivity index (χ1n) is 9.73. The summed E-state index contributed by atoms with van der Waals surface area (Å²) in [5, 5.41) is 26.0. The van der Waals surface area contributed by atoms with Crippen LogP contribution in [0.3, 0.4) is 0 Å². The van der Waals surface area contributed by atoms with Gasteiger partial charge in [-0.15, -0.1) is 0 Å². The lowest BCUT2D eigenvalue weighted by Gasteiger charge is -2.17. The highest BCUT2D eigenvalue weighted by molar-refractivity contribution is 5.66. The molecule has 2 heterocycles. The lowest BCUT2D eigenvalue weighted by atomic mass is 9.99. The van der Waals surface area contributed by atoms with Gasteiger partial charge in [0.2, 0.25) is 5.95 Å². The molecule has 4 aromatic rings. The summed E-state index contributed by atoms with van der Waals surface area (Å²) in [5.74, 6) is 1.58. The maximum absolute atomic E-state index is 10.6. The van der Waals surface area contributed by atoms with Crippen LogP contribution in [0.15, 0.2) is 71.5 Å². The van der Waals surface area contributed by atoms with Crippen LogP contribution >= 0.6 is 0 Å². The molecule has 31 heavy (non-hydrogen) atoms. The van der Waals surface area contributed by atoms with E-state index in [4.69, 9.17) is 9.68 Å². The SMILES string of the molecule is Cc1cc([C@H](O)c2ccco2)cc(C)c1Nc1ccnc(Nc2ccc(C#N)cc2)n1. The Morgan fingerprint density at radius 1 is 1.03 bits per heavy atom. The quantitative estimate of drug-likeness (QED) is 0.404. The Hall–Kier alpha value is -4.15. The third kappa shape index (κ3) is 4.55. The first-order valence-corrected chi connectivity index (χ1v) is 9.73. The highest BCUT2D eigenvalue weighted by Crippen LogP contribution is 2.30. The second-order valence-electron chi connectivity index (χ2n) is 7.15. The highest BCUT2D eigenvalue weighted by atomic mass is 16.4. The van der Waals surface area contributed by atoms with Crippen molar-refractivity contribution in [2.45, 2.75) is 20.0 Å². The third-order valence-electron chi connectivity index (χ3n) is 4.86. The van der Waals surface area contributed by atoms with Crippen LogP contribution in [-0.2, 0) is 0 Å². The van der Waals surface area contributed by atoms with E-state index in [1.165, 1.54) is 0 Å². The average Bonchev–Trinajstić information content (AvgIpc) is 3.31. The van der Waals surface area contributed by atoms with Crippen LogP contribution in [0.1, 0.15) is 34.1 Å². The number of anilines is 4. The van der Waals surface area contributed by atoms with E-state index >= 15 is 0 Å². The molecule has 0 aliphatic rings. The second kappa shape index (κ2) is 8.69. The van der Waals surface area contributed by atoms with E-state index in [2.05, 4.69) is 26.7 Å². The van der Waals surface area contributed by atoms with Crippen molar-refractivity contribution < 1.29 is 9.52 Å². The van der Waals surface area contributed by atoms with E-state index < -0.39 is 6.10 Å². The van der Waals surface area contributed by atoms with E-state index in [1.807, 2.05) is 26.0 Å².